The van der Waals surface area contributed by atoms with Crippen LogP contribution in [-0.4, -0.2) is 76.6 Å². The van der Waals surface area contributed by atoms with E-state index in [0.717, 1.165) is 19.3 Å². The second-order valence-corrected chi connectivity index (χ2v) is 14.9. The van der Waals surface area contributed by atoms with Gasteiger partial charge in [-0.1, -0.05) is 38.3 Å². The lowest BCUT2D eigenvalue weighted by atomic mass is 9.44. The van der Waals surface area contributed by atoms with Gasteiger partial charge in [-0.05, 0) is 90.2 Å². The molecule has 4 N–H and O–H groups in total. The van der Waals surface area contributed by atoms with Gasteiger partial charge in [-0.2, -0.15) is 0 Å². The molecule has 0 aromatic carbocycles. The van der Waals surface area contributed by atoms with Crippen LogP contribution < -0.4 is 10.6 Å². The van der Waals surface area contributed by atoms with Crippen LogP contribution in [0.15, 0.2) is 23.8 Å². The average molecular weight is 635 g/mol. The van der Waals surface area contributed by atoms with E-state index in [4.69, 9.17) is 9.47 Å². The lowest BCUT2D eigenvalue weighted by molar-refractivity contribution is -0.219. The Hall–Kier alpha value is -2.79. The highest BCUT2D eigenvalue weighted by Gasteiger charge is 2.75. The van der Waals surface area contributed by atoms with Crippen LogP contribution in [0.4, 0.5) is 14.0 Å². The first-order valence-corrected chi connectivity index (χ1v) is 16.3. The predicted octanol–water partition coefficient (Wildman–Crippen LogP) is 4.71. The van der Waals surface area contributed by atoms with Gasteiger partial charge in [0.05, 0.1) is 6.10 Å². The minimum atomic E-state index is -2.06. The number of aliphatic hydroxyl groups is 2. The maximum Gasteiger partial charge on any atom is 0.407 e. The van der Waals surface area contributed by atoms with E-state index in [1.165, 1.54) is 12.2 Å². The second kappa shape index (κ2) is 12.8. The molecule has 2 amide bonds. The predicted molar refractivity (Wildman–Crippen MR) is 165 cm³/mol. The minimum Gasteiger partial charge on any atom is -0.444 e. The molecule has 0 aliphatic heterocycles. The molecule has 0 aromatic heterocycles. The van der Waals surface area contributed by atoms with E-state index in [2.05, 4.69) is 10.6 Å². The molecule has 0 radical (unpaired) electrons. The number of Topliss-reactive ketones (excluding diaryl/α,β-unsaturated/α-hetero) is 1. The number of alkyl halides is 1. The largest absolute Gasteiger partial charge is 0.444 e. The summed E-state index contributed by atoms with van der Waals surface area (Å²) in [6.45, 7) is 10.8. The lowest BCUT2D eigenvalue weighted by Crippen LogP contribution is -2.69. The van der Waals surface area contributed by atoms with Crippen LogP contribution in [-0.2, 0) is 19.1 Å². The number of carbonyl (C=O) groups is 4. The number of ether oxygens (including phenoxy) is 2. The number of alkyl carbamates (subject to hydrolysis) is 2. The summed E-state index contributed by atoms with van der Waals surface area (Å²) >= 11 is 0. The number of allylic oxidation sites excluding steroid dienone is 4. The number of nitrogens with one attached hydrogen (secondary N) is 2. The Morgan fingerprint density at radius 1 is 1.04 bits per heavy atom. The van der Waals surface area contributed by atoms with Gasteiger partial charge in [0.25, 0.3) is 0 Å². The molecule has 10 nitrogen and oxygen atoms in total. The van der Waals surface area contributed by atoms with Crippen LogP contribution in [0.25, 0.3) is 0 Å². The van der Waals surface area contributed by atoms with E-state index in [-0.39, 0.29) is 12.2 Å². The minimum absolute atomic E-state index is 0.138. The molecule has 4 aliphatic carbocycles. The summed E-state index contributed by atoms with van der Waals surface area (Å²) in [5.41, 5.74) is -6.14. The van der Waals surface area contributed by atoms with Crippen molar-refractivity contribution in [3.05, 3.63) is 23.8 Å². The van der Waals surface area contributed by atoms with Crippen molar-refractivity contribution < 1.29 is 43.3 Å². The van der Waals surface area contributed by atoms with E-state index in [9.17, 15) is 29.4 Å². The van der Waals surface area contributed by atoms with E-state index >= 15 is 4.39 Å². The summed E-state index contributed by atoms with van der Waals surface area (Å²) in [6.07, 6.45) is 5.96. The van der Waals surface area contributed by atoms with Gasteiger partial charge in [0.15, 0.2) is 18.1 Å². The maximum atomic E-state index is 17.3. The zero-order chi connectivity index (χ0) is 33.4. The Bertz CT molecular complexity index is 1240. The number of halogens is 1. The average Bonchev–Trinajstić information content (AvgIpc) is 3.14. The molecule has 0 aromatic rings. The van der Waals surface area contributed by atoms with Crippen molar-refractivity contribution in [3.63, 3.8) is 0 Å². The fourth-order valence-corrected chi connectivity index (χ4v) is 8.73. The van der Waals surface area contributed by atoms with Crippen LogP contribution in [0.5, 0.6) is 0 Å². The number of amides is 2. The van der Waals surface area contributed by atoms with Crippen LogP contribution >= 0.6 is 0 Å². The zero-order valence-electron chi connectivity index (χ0n) is 27.5. The quantitative estimate of drug-likeness (QED) is 0.252. The maximum absolute atomic E-state index is 17.3. The molecule has 3 fully saturated rings. The van der Waals surface area contributed by atoms with E-state index < -0.39 is 76.1 Å². The van der Waals surface area contributed by atoms with Gasteiger partial charge >= 0.3 is 12.2 Å². The fourth-order valence-electron chi connectivity index (χ4n) is 8.73. The zero-order valence-corrected chi connectivity index (χ0v) is 27.5. The van der Waals surface area contributed by atoms with Crippen molar-refractivity contribution in [1.82, 2.24) is 10.6 Å². The van der Waals surface area contributed by atoms with Gasteiger partial charge in [-0.3, -0.25) is 9.59 Å². The van der Waals surface area contributed by atoms with Crippen LogP contribution in [0.2, 0.25) is 0 Å². The highest BCUT2D eigenvalue weighted by atomic mass is 19.1. The van der Waals surface area contributed by atoms with Gasteiger partial charge < -0.3 is 30.3 Å². The molecule has 0 spiro atoms. The summed E-state index contributed by atoms with van der Waals surface area (Å²) in [4.78, 5) is 49.7. The molecule has 0 saturated heterocycles. The molecule has 3 saturated carbocycles. The lowest BCUT2D eigenvalue weighted by Gasteiger charge is -2.62. The smallest absolute Gasteiger partial charge is 0.407 e. The summed E-state index contributed by atoms with van der Waals surface area (Å²) < 4.78 is 27.7. The molecule has 4 rings (SSSR count). The number of hydrogen-bond donors (Lipinski definition) is 4. The number of carbonyl (C=O) groups excluding carboxylic acids is 4. The number of ketones is 2. The van der Waals surface area contributed by atoms with Crippen LogP contribution in [0.1, 0.15) is 92.9 Å². The Kier molecular flexibility index (Phi) is 9.96. The van der Waals surface area contributed by atoms with Crippen molar-refractivity contribution in [2.24, 2.45) is 28.6 Å². The molecular weight excluding hydrogens is 583 g/mol. The number of aliphatic hydroxyl groups excluding tert-OH is 1. The fraction of sp³-hybridized carbons (Fsp3) is 0.765. The van der Waals surface area contributed by atoms with Crippen LogP contribution in [0.3, 0.4) is 0 Å². The first kappa shape index (κ1) is 35.1. The molecule has 8 atom stereocenters. The molecule has 4 aliphatic rings. The van der Waals surface area contributed by atoms with Crippen molar-refractivity contribution in [2.45, 2.75) is 116 Å². The van der Waals surface area contributed by atoms with Gasteiger partial charge in [-0.15, -0.1) is 0 Å². The Morgan fingerprint density at radius 3 is 2.29 bits per heavy atom. The number of unbranched alkanes of at least 4 members (excludes halogenated alkanes) is 3. The third-order valence-electron chi connectivity index (χ3n) is 11.0. The van der Waals surface area contributed by atoms with Crippen LogP contribution in [0, 0.1) is 28.6 Å². The number of fused-ring (bicyclic) bond motifs is 5. The third-order valence-corrected chi connectivity index (χ3v) is 11.0. The van der Waals surface area contributed by atoms with Gasteiger partial charge in [0.1, 0.15) is 11.2 Å². The Balaban J connectivity index is 1.28. The third kappa shape index (κ3) is 6.31. The van der Waals surface area contributed by atoms with Gasteiger partial charge in [0.2, 0.25) is 5.78 Å². The van der Waals surface area contributed by atoms with E-state index in [1.807, 2.05) is 0 Å². The molecule has 0 unspecified atom stereocenters. The normalized spacial score (nSPS) is 37.1. The van der Waals surface area contributed by atoms with Crippen molar-refractivity contribution in [2.75, 3.05) is 19.7 Å². The summed E-state index contributed by atoms with van der Waals surface area (Å²) in [6, 6.07) is 0. The van der Waals surface area contributed by atoms with E-state index in [1.54, 1.807) is 47.6 Å². The molecular formula is C34H51FN2O8. The first-order valence-electron chi connectivity index (χ1n) is 16.3. The summed E-state index contributed by atoms with van der Waals surface area (Å²) in [7, 11) is 0. The molecule has 45 heavy (non-hydrogen) atoms. The highest BCUT2D eigenvalue weighted by Crippen LogP contribution is 2.70. The Labute approximate surface area is 265 Å². The SMILES string of the molecule is C[C@@H]1C[C@H]2[C@@H]3CCC4=CC(=O)C=C[C@]4(C)[C@@]3(F)[C@@H](O)C[C@]2(C)[C@@]1(O)C(=O)COC(=O)NCCCCCCNC(=O)OC(C)(C)C. The topological polar surface area (TPSA) is 151 Å². The van der Waals surface area contributed by atoms with Gasteiger partial charge in [0, 0.05) is 29.8 Å². The molecule has 0 heterocycles. The summed E-state index contributed by atoms with van der Waals surface area (Å²) in [5.74, 6) is -2.42. The number of hydrogen-bond acceptors (Lipinski definition) is 8. The van der Waals surface area contributed by atoms with Crippen molar-refractivity contribution in [3.8, 4) is 0 Å². The van der Waals surface area contributed by atoms with Gasteiger partial charge in [-0.25, -0.2) is 14.0 Å². The summed E-state index contributed by atoms with van der Waals surface area (Å²) in [5, 5.41) is 28.8. The molecule has 0 bridgehead atoms. The molecule has 11 heteroatoms. The Morgan fingerprint density at radius 2 is 1.67 bits per heavy atom. The van der Waals surface area contributed by atoms with Crippen molar-refractivity contribution in [1.29, 1.82) is 0 Å². The standard InChI is InChI=1S/C34H51FN2O8/c1-21-17-25-24-12-11-22-18-23(38)13-14-31(22,5)33(24,35)26(39)19-32(25,6)34(21,43)27(40)20-44-28(41)36-15-9-7-8-10-16-37-29(42)45-30(2,3)4/h13-14,18,21,24-26,39,43H,7-12,15-17,19-20H2,1-6H3,(H,36,41)(H,37,42)/t21-,24+,25+,26+,31+,32+,33+,34+/m1/s1. The highest BCUT2D eigenvalue weighted by molar-refractivity contribution is 6.01. The first-order chi connectivity index (χ1) is 20.9. The molecule has 252 valence electrons. The van der Waals surface area contributed by atoms with E-state index in [0.29, 0.717) is 44.3 Å². The number of rotatable bonds is 10. The van der Waals surface area contributed by atoms with Crippen molar-refractivity contribution >= 4 is 23.8 Å². The monoisotopic (exact) mass is 634 g/mol. The second-order valence-electron chi connectivity index (χ2n) is 14.9.